The van der Waals surface area contributed by atoms with Gasteiger partial charge in [0.05, 0.1) is 0 Å². The van der Waals surface area contributed by atoms with Crippen molar-refractivity contribution >= 4 is 8.72 Å². The van der Waals surface area contributed by atoms with Gasteiger partial charge in [-0.1, -0.05) is 33.6 Å². The first-order valence-corrected chi connectivity index (χ1v) is 8.53. The number of rotatable bonds is 10. The summed E-state index contributed by atoms with van der Waals surface area (Å²) in [5.41, 5.74) is 0. The normalized spacial score (nSPS) is 12.4. The van der Waals surface area contributed by atoms with Crippen molar-refractivity contribution in [3.05, 3.63) is 0 Å². The first kappa shape index (κ1) is 16.1. The highest BCUT2D eigenvalue weighted by Gasteiger charge is 2.41. The summed E-state index contributed by atoms with van der Waals surface area (Å²) in [7, 11) is 1.52. The van der Waals surface area contributed by atoms with E-state index in [0.717, 1.165) is 32.0 Å². The molecule has 0 atom stereocenters. The van der Waals surface area contributed by atoms with Crippen molar-refractivity contribution in [3.63, 3.8) is 0 Å². The summed E-state index contributed by atoms with van der Waals surface area (Å²) in [6.45, 7) is 8.82. The van der Waals surface area contributed by atoms with E-state index >= 15 is 0 Å². The summed E-state index contributed by atoms with van der Waals surface area (Å²) < 4.78 is 14.1. The molecule has 0 aliphatic heterocycles. The predicted molar refractivity (Wildman–Crippen MR) is 71.6 cm³/mol. The van der Waals surface area contributed by atoms with Crippen molar-refractivity contribution < 1.29 is 8.85 Å². The minimum absolute atomic E-state index is 1.08. The molecular formula is C12H29NO2Si. The minimum Gasteiger partial charge on any atom is -0.386 e. The van der Waals surface area contributed by atoms with Gasteiger partial charge in [-0.05, 0) is 25.9 Å². The summed E-state index contributed by atoms with van der Waals surface area (Å²) in [6.07, 6.45) is 4.71. The zero-order valence-corrected chi connectivity index (χ0v) is 12.7. The first-order valence-electron chi connectivity index (χ1n) is 6.56. The maximum atomic E-state index is 5.80. The molecule has 0 bridgehead atoms. The van der Waals surface area contributed by atoms with Gasteiger partial charge in [0.1, 0.15) is 0 Å². The Bertz CT molecular complexity index is 157. The van der Waals surface area contributed by atoms with Gasteiger partial charge >= 0.3 is 8.72 Å². The highest BCUT2D eigenvalue weighted by molar-refractivity contribution is 6.64. The Morgan fingerprint density at radius 3 is 1.69 bits per heavy atom. The van der Waals surface area contributed by atoms with Crippen LogP contribution in [-0.4, -0.2) is 40.6 Å². The smallest absolute Gasteiger partial charge is 0.386 e. The molecule has 98 valence electrons. The highest BCUT2D eigenvalue weighted by Crippen LogP contribution is 2.21. The van der Waals surface area contributed by atoms with Gasteiger partial charge in [-0.2, -0.15) is 0 Å². The maximum absolute atomic E-state index is 5.80. The van der Waals surface area contributed by atoms with Crippen molar-refractivity contribution in [1.29, 1.82) is 0 Å². The lowest BCUT2D eigenvalue weighted by Gasteiger charge is -2.38. The fourth-order valence-electron chi connectivity index (χ4n) is 2.10. The standard InChI is InChI=1S/C12H29NO2Si/c1-6-9-12-16(14-4,15-5)13(10-7-2)11-8-3/h6-12H2,1-5H3. The highest BCUT2D eigenvalue weighted by atomic mass is 28.4. The lowest BCUT2D eigenvalue weighted by Crippen LogP contribution is -2.57. The molecule has 0 aliphatic rings. The third-order valence-electron chi connectivity index (χ3n) is 2.95. The second-order valence-corrected chi connectivity index (χ2v) is 7.59. The summed E-state index contributed by atoms with van der Waals surface area (Å²) in [5, 5.41) is 0. The Balaban J connectivity index is 4.63. The van der Waals surface area contributed by atoms with Crippen LogP contribution in [0.25, 0.3) is 0 Å². The number of nitrogens with zero attached hydrogens (tertiary/aromatic N) is 1. The predicted octanol–water partition coefficient (Wildman–Crippen LogP) is 3.14. The van der Waals surface area contributed by atoms with Crippen molar-refractivity contribution in [2.24, 2.45) is 0 Å². The molecule has 0 saturated carbocycles. The zero-order chi connectivity index (χ0) is 12.4. The number of unbranched alkanes of at least 4 members (excludes halogenated alkanes) is 1. The van der Waals surface area contributed by atoms with Crippen LogP contribution < -0.4 is 0 Å². The van der Waals surface area contributed by atoms with Crippen LogP contribution in [0, 0.1) is 0 Å². The van der Waals surface area contributed by atoms with Gasteiger partial charge < -0.3 is 8.85 Å². The van der Waals surface area contributed by atoms with Gasteiger partial charge in [-0.15, -0.1) is 0 Å². The molecular weight excluding hydrogens is 218 g/mol. The molecule has 0 aromatic heterocycles. The average molecular weight is 247 g/mol. The molecule has 0 amide bonds. The molecule has 16 heavy (non-hydrogen) atoms. The Morgan fingerprint density at radius 1 is 0.875 bits per heavy atom. The lowest BCUT2D eigenvalue weighted by molar-refractivity contribution is 0.159. The quantitative estimate of drug-likeness (QED) is 0.554. The zero-order valence-electron chi connectivity index (χ0n) is 11.7. The molecule has 0 aliphatic carbocycles. The molecule has 0 saturated heterocycles. The molecule has 0 spiro atoms. The molecule has 0 N–H and O–H groups in total. The van der Waals surface area contributed by atoms with Crippen LogP contribution in [0.15, 0.2) is 0 Å². The Morgan fingerprint density at radius 2 is 1.38 bits per heavy atom. The summed E-state index contributed by atoms with van der Waals surface area (Å²) in [5.74, 6) is 0. The van der Waals surface area contributed by atoms with E-state index < -0.39 is 8.72 Å². The lowest BCUT2D eigenvalue weighted by atomic mass is 10.4. The van der Waals surface area contributed by atoms with Crippen molar-refractivity contribution in [2.75, 3.05) is 27.3 Å². The second-order valence-electron chi connectivity index (χ2n) is 4.21. The molecule has 4 heteroatoms. The average Bonchev–Trinajstić information content (AvgIpc) is 2.31. The van der Waals surface area contributed by atoms with Crippen LogP contribution in [0.3, 0.4) is 0 Å². The molecule has 3 nitrogen and oxygen atoms in total. The van der Waals surface area contributed by atoms with E-state index in [4.69, 9.17) is 8.85 Å². The fourth-order valence-corrected chi connectivity index (χ4v) is 5.43. The van der Waals surface area contributed by atoms with Crippen LogP contribution in [0.5, 0.6) is 0 Å². The summed E-state index contributed by atoms with van der Waals surface area (Å²) in [4.78, 5) is 0. The van der Waals surface area contributed by atoms with E-state index in [1.54, 1.807) is 0 Å². The van der Waals surface area contributed by atoms with E-state index in [1.807, 2.05) is 14.2 Å². The number of hydrogen-bond acceptors (Lipinski definition) is 3. The monoisotopic (exact) mass is 247 g/mol. The first-order chi connectivity index (χ1) is 7.70. The second kappa shape index (κ2) is 9.16. The minimum atomic E-state index is -2.10. The summed E-state index contributed by atoms with van der Waals surface area (Å²) in [6, 6.07) is 1.08. The molecule has 0 rings (SSSR count). The van der Waals surface area contributed by atoms with Gasteiger partial charge in [0, 0.05) is 20.3 Å². The fraction of sp³-hybridized carbons (Fsp3) is 1.00. The van der Waals surface area contributed by atoms with Gasteiger partial charge in [0.15, 0.2) is 0 Å². The Labute approximate surface area is 102 Å². The molecule has 0 heterocycles. The van der Waals surface area contributed by atoms with Crippen LogP contribution in [0.1, 0.15) is 46.5 Å². The van der Waals surface area contributed by atoms with Crippen LogP contribution >= 0.6 is 0 Å². The number of hydrogen-bond donors (Lipinski definition) is 0. The Hall–Kier alpha value is 0.0969. The SMILES string of the molecule is CCCC[Si](OC)(OC)N(CCC)CCC. The maximum Gasteiger partial charge on any atom is 0.427 e. The van der Waals surface area contributed by atoms with Gasteiger partial charge in [0.2, 0.25) is 0 Å². The van der Waals surface area contributed by atoms with E-state index in [9.17, 15) is 0 Å². The van der Waals surface area contributed by atoms with Crippen LogP contribution in [-0.2, 0) is 8.85 Å². The topological polar surface area (TPSA) is 21.7 Å². The largest absolute Gasteiger partial charge is 0.427 e. The van der Waals surface area contributed by atoms with E-state index in [2.05, 4.69) is 25.3 Å². The summed E-state index contributed by atoms with van der Waals surface area (Å²) >= 11 is 0. The van der Waals surface area contributed by atoms with E-state index in [0.29, 0.717) is 0 Å². The van der Waals surface area contributed by atoms with Gasteiger partial charge in [-0.3, -0.25) is 4.57 Å². The van der Waals surface area contributed by atoms with Crippen molar-refractivity contribution in [3.8, 4) is 0 Å². The third kappa shape index (κ3) is 4.53. The molecule has 0 radical (unpaired) electrons. The van der Waals surface area contributed by atoms with Crippen LogP contribution in [0.2, 0.25) is 6.04 Å². The van der Waals surface area contributed by atoms with Crippen molar-refractivity contribution in [1.82, 2.24) is 4.57 Å². The van der Waals surface area contributed by atoms with Gasteiger partial charge in [0.25, 0.3) is 0 Å². The van der Waals surface area contributed by atoms with E-state index in [-0.39, 0.29) is 0 Å². The molecule has 0 fully saturated rings. The Kier molecular flexibility index (Phi) is 9.22. The molecule has 0 aromatic rings. The molecule has 0 unspecified atom stereocenters. The van der Waals surface area contributed by atoms with Crippen molar-refractivity contribution in [2.45, 2.75) is 52.5 Å². The van der Waals surface area contributed by atoms with E-state index in [1.165, 1.54) is 12.8 Å². The van der Waals surface area contributed by atoms with Crippen LogP contribution in [0.4, 0.5) is 0 Å². The third-order valence-corrected chi connectivity index (χ3v) is 6.63. The van der Waals surface area contributed by atoms with Gasteiger partial charge in [-0.25, -0.2) is 0 Å². The molecule has 0 aromatic carbocycles.